The number of aliphatic hydroxyl groups excluding tert-OH is 1. The molecule has 196 valence electrons. The minimum atomic E-state index is -5.06. The molecule has 2 rings (SSSR count). The molecule has 0 amide bonds. The van der Waals surface area contributed by atoms with Gasteiger partial charge in [0.2, 0.25) is 0 Å². The third-order valence-electron chi connectivity index (χ3n) is 4.68. The molecule has 0 aliphatic carbocycles. The lowest BCUT2D eigenvalue weighted by Crippen LogP contribution is -2.46. The zero-order valence-corrected chi connectivity index (χ0v) is 19.0. The van der Waals surface area contributed by atoms with Gasteiger partial charge in [-0.3, -0.25) is 4.90 Å². The number of alkyl halides is 8. The van der Waals surface area contributed by atoms with Crippen LogP contribution in [0.1, 0.15) is 18.1 Å². The lowest BCUT2D eigenvalue weighted by Gasteiger charge is -2.29. The molecule has 0 aliphatic heterocycles. The van der Waals surface area contributed by atoms with Crippen molar-refractivity contribution >= 4 is 11.6 Å². The molecule has 0 fully saturated rings. The number of hydrogen-bond donors (Lipinski definition) is 1. The number of ether oxygens (including phenoxy) is 2. The second-order valence-corrected chi connectivity index (χ2v) is 8.08. The van der Waals surface area contributed by atoms with Crippen LogP contribution in [-0.2, 0) is 13.0 Å². The highest BCUT2D eigenvalue weighted by Gasteiger charge is 2.41. The van der Waals surface area contributed by atoms with Crippen LogP contribution < -0.4 is 9.47 Å². The molecule has 4 nitrogen and oxygen atoms in total. The van der Waals surface area contributed by atoms with E-state index in [0.29, 0.717) is 21.9 Å². The number of aryl methyl sites for hydroxylation is 1. The van der Waals surface area contributed by atoms with E-state index >= 15 is 0 Å². The molecule has 0 saturated heterocycles. The van der Waals surface area contributed by atoms with Crippen LogP contribution in [0.2, 0.25) is 5.02 Å². The summed E-state index contributed by atoms with van der Waals surface area (Å²) >= 11 is 5.97. The van der Waals surface area contributed by atoms with Crippen molar-refractivity contribution in [2.75, 3.05) is 19.7 Å². The predicted molar refractivity (Wildman–Crippen MR) is 112 cm³/mol. The van der Waals surface area contributed by atoms with E-state index in [1.807, 2.05) is 0 Å². The van der Waals surface area contributed by atoms with Crippen molar-refractivity contribution < 1.29 is 49.7 Å². The fourth-order valence-electron chi connectivity index (χ4n) is 3.06. The Hall–Kier alpha value is -2.31. The summed E-state index contributed by atoms with van der Waals surface area (Å²) in [5, 5.41) is 9.82. The maximum Gasteiger partial charge on any atom is 0.573 e. The maximum atomic E-state index is 14.6. The summed E-state index contributed by atoms with van der Waals surface area (Å²) in [7, 11) is 0. The summed E-state index contributed by atoms with van der Waals surface area (Å²) in [6.45, 7) is -2.31. The first kappa shape index (κ1) is 28.9. The summed E-state index contributed by atoms with van der Waals surface area (Å²) in [4.78, 5) is 0.639. The van der Waals surface area contributed by atoms with Gasteiger partial charge in [0, 0.05) is 18.1 Å². The quantitative estimate of drug-likeness (QED) is 0.346. The largest absolute Gasteiger partial charge is 0.573 e. The van der Waals surface area contributed by atoms with E-state index in [9.17, 15) is 40.2 Å². The Labute approximate surface area is 201 Å². The second-order valence-electron chi connectivity index (χ2n) is 7.67. The summed E-state index contributed by atoms with van der Waals surface area (Å²) in [6, 6.07) is 8.27. The van der Waals surface area contributed by atoms with E-state index in [2.05, 4.69) is 4.74 Å². The van der Waals surface area contributed by atoms with Crippen molar-refractivity contribution in [1.29, 1.82) is 0 Å². The maximum absolute atomic E-state index is 14.6. The third kappa shape index (κ3) is 10.1. The number of halogens is 9. The fourth-order valence-corrected chi connectivity index (χ4v) is 3.31. The fraction of sp³-hybridized carbons (Fsp3) is 0.455. The van der Waals surface area contributed by atoms with Crippen LogP contribution in [0.3, 0.4) is 0 Å². The average Bonchev–Trinajstić information content (AvgIpc) is 2.72. The van der Waals surface area contributed by atoms with Gasteiger partial charge in [-0.1, -0.05) is 30.7 Å². The molecule has 0 spiro atoms. The van der Waals surface area contributed by atoms with Crippen molar-refractivity contribution in [1.82, 2.24) is 4.90 Å². The van der Waals surface area contributed by atoms with Crippen LogP contribution in [0.25, 0.3) is 0 Å². The third-order valence-corrected chi connectivity index (χ3v) is 5.04. The number of rotatable bonds is 11. The van der Waals surface area contributed by atoms with Crippen molar-refractivity contribution in [3.63, 3.8) is 0 Å². The molecule has 1 N–H and O–H groups in total. The molecule has 1 unspecified atom stereocenters. The van der Waals surface area contributed by atoms with E-state index in [0.717, 1.165) is 24.3 Å². The van der Waals surface area contributed by atoms with Gasteiger partial charge < -0.3 is 14.6 Å². The van der Waals surface area contributed by atoms with Gasteiger partial charge in [0.05, 0.1) is 6.54 Å². The smallest absolute Gasteiger partial charge is 0.487 e. The molecule has 2 aromatic carbocycles. The van der Waals surface area contributed by atoms with Crippen molar-refractivity contribution in [3.05, 3.63) is 58.6 Å². The van der Waals surface area contributed by atoms with Crippen LogP contribution in [0, 0.1) is 0 Å². The van der Waals surface area contributed by atoms with Gasteiger partial charge in [-0.2, -0.15) is 13.2 Å². The predicted octanol–water partition coefficient (Wildman–Crippen LogP) is 6.24. The number of nitrogens with zero attached hydrogens (tertiary/aromatic N) is 1. The SMILES string of the molecule is CCc1cc(OCC(F)(F)CN(Cc2ccc(OC(F)(F)F)cc2)CC(O)C(F)(F)F)ccc1Cl. The number of benzene rings is 2. The highest BCUT2D eigenvalue weighted by molar-refractivity contribution is 6.31. The molecule has 0 aromatic heterocycles. The Morgan fingerprint density at radius 1 is 0.943 bits per heavy atom. The lowest BCUT2D eigenvalue weighted by molar-refractivity contribution is -0.274. The summed E-state index contributed by atoms with van der Waals surface area (Å²) in [6.07, 6.45) is -12.4. The van der Waals surface area contributed by atoms with E-state index in [1.165, 1.54) is 18.2 Å². The zero-order chi connectivity index (χ0) is 26.4. The molecule has 0 bridgehead atoms. The Balaban J connectivity index is 2.12. The van der Waals surface area contributed by atoms with Gasteiger partial charge in [-0.05, 0) is 47.9 Å². The average molecular weight is 536 g/mol. The summed E-state index contributed by atoms with van der Waals surface area (Å²) < 4.78 is 113. The number of hydrogen-bond acceptors (Lipinski definition) is 4. The van der Waals surface area contributed by atoms with E-state index in [-0.39, 0.29) is 11.3 Å². The minimum absolute atomic E-state index is 0.0908. The molecule has 0 radical (unpaired) electrons. The highest BCUT2D eigenvalue weighted by atomic mass is 35.5. The lowest BCUT2D eigenvalue weighted by atomic mass is 10.1. The van der Waals surface area contributed by atoms with Crippen LogP contribution in [0.5, 0.6) is 11.5 Å². The van der Waals surface area contributed by atoms with Gasteiger partial charge in [-0.25, -0.2) is 8.78 Å². The minimum Gasteiger partial charge on any atom is -0.487 e. The molecule has 0 aliphatic rings. The summed E-state index contributed by atoms with van der Waals surface area (Å²) in [5.41, 5.74) is 0.774. The normalized spacial score (nSPS) is 13.7. The number of aliphatic hydroxyl groups is 1. The van der Waals surface area contributed by atoms with Gasteiger partial charge in [-0.15, -0.1) is 13.2 Å². The Bertz CT molecular complexity index is 951. The Morgan fingerprint density at radius 3 is 2.09 bits per heavy atom. The Kier molecular flexibility index (Phi) is 9.60. The van der Waals surface area contributed by atoms with Crippen molar-refractivity contribution in [3.8, 4) is 11.5 Å². The first-order valence-corrected chi connectivity index (χ1v) is 10.6. The van der Waals surface area contributed by atoms with E-state index < -0.39 is 56.6 Å². The van der Waals surface area contributed by atoms with Gasteiger partial charge in [0.15, 0.2) is 12.7 Å². The molecular weight excluding hydrogens is 514 g/mol. The monoisotopic (exact) mass is 535 g/mol. The summed E-state index contributed by atoms with van der Waals surface area (Å²) in [5.74, 6) is -4.14. The molecule has 13 heteroatoms. The first-order valence-electron chi connectivity index (χ1n) is 10.2. The second kappa shape index (κ2) is 11.6. The topological polar surface area (TPSA) is 41.9 Å². The first-order chi connectivity index (χ1) is 16.1. The van der Waals surface area contributed by atoms with Crippen LogP contribution in [0.4, 0.5) is 35.1 Å². The van der Waals surface area contributed by atoms with Crippen molar-refractivity contribution in [2.24, 2.45) is 0 Å². The van der Waals surface area contributed by atoms with Crippen LogP contribution >= 0.6 is 11.6 Å². The highest BCUT2D eigenvalue weighted by Crippen LogP contribution is 2.27. The molecule has 0 heterocycles. The van der Waals surface area contributed by atoms with Crippen molar-refractivity contribution in [2.45, 2.75) is 44.5 Å². The molecule has 0 saturated carbocycles. The van der Waals surface area contributed by atoms with Crippen LogP contribution in [-0.4, -0.2) is 54.3 Å². The van der Waals surface area contributed by atoms with E-state index in [1.54, 1.807) is 6.92 Å². The zero-order valence-electron chi connectivity index (χ0n) is 18.3. The molecule has 1 atom stereocenters. The van der Waals surface area contributed by atoms with Gasteiger partial charge in [0.25, 0.3) is 5.92 Å². The van der Waals surface area contributed by atoms with Gasteiger partial charge >= 0.3 is 12.5 Å². The van der Waals surface area contributed by atoms with E-state index in [4.69, 9.17) is 16.3 Å². The standard InChI is InChI=1S/C22H22ClF8NO3/c1-2-15-9-17(7-8-18(15)23)34-13-20(24,25)12-32(11-19(33)21(26,27)28)10-14-3-5-16(6-4-14)35-22(29,30)31/h3-9,19,33H,2,10-13H2,1H3. The molecule has 2 aromatic rings. The Morgan fingerprint density at radius 2 is 1.54 bits per heavy atom. The van der Waals surface area contributed by atoms with Crippen LogP contribution in [0.15, 0.2) is 42.5 Å². The molecular formula is C22H22ClF8NO3. The molecule has 35 heavy (non-hydrogen) atoms. The van der Waals surface area contributed by atoms with Gasteiger partial charge in [0.1, 0.15) is 11.5 Å².